The first-order chi connectivity index (χ1) is 12.3. The van der Waals surface area contributed by atoms with E-state index >= 15 is 0 Å². The Labute approximate surface area is 149 Å². The first-order valence-electron chi connectivity index (χ1n) is 8.32. The summed E-state index contributed by atoms with van der Waals surface area (Å²) in [5.74, 6) is 0.153. The van der Waals surface area contributed by atoms with Gasteiger partial charge in [-0.05, 0) is 32.0 Å². The number of carbonyl (C=O) groups excluding carboxylic acids is 2. The summed E-state index contributed by atoms with van der Waals surface area (Å²) in [5.41, 5.74) is -0.474. The van der Waals surface area contributed by atoms with Crippen LogP contribution in [0.15, 0.2) is 29.4 Å². The average molecular weight is 370 g/mol. The zero-order valence-electron chi connectivity index (χ0n) is 14.7. The molecule has 0 aliphatic carbocycles. The summed E-state index contributed by atoms with van der Waals surface area (Å²) in [6.45, 7) is 4.95. The van der Waals surface area contributed by atoms with Crippen molar-refractivity contribution in [2.24, 2.45) is 5.10 Å². The molecule has 2 amide bonds. The SMILES string of the molecule is CCN(CC)C(=O)CN(C=O)C1=NN(c2cccc(C(F)(F)F)c2)CC1. The van der Waals surface area contributed by atoms with Crippen LogP contribution in [-0.4, -0.2) is 54.1 Å². The number of amides is 2. The van der Waals surface area contributed by atoms with Crippen molar-refractivity contribution in [3.05, 3.63) is 29.8 Å². The molecule has 0 unspecified atom stereocenters. The number of carbonyl (C=O) groups is 2. The van der Waals surface area contributed by atoms with Crippen molar-refractivity contribution in [3.63, 3.8) is 0 Å². The van der Waals surface area contributed by atoms with Crippen LogP contribution in [0.5, 0.6) is 0 Å². The molecule has 1 heterocycles. The third-order valence-electron chi connectivity index (χ3n) is 4.14. The van der Waals surface area contributed by atoms with Crippen LogP contribution in [0.25, 0.3) is 0 Å². The van der Waals surface area contributed by atoms with Crippen molar-refractivity contribution in [1.29, 1.82) is 0 Å². The molecule has 0 spiro atoms. The lowest BCUT2D eigenvalue weighted by molar-refractivity contribution is -0.137. The Balaban J connectivity index is 2.15. The van der Waals surface area contributed by atoms with Gasteiger partial charge >= 0.3 is 6.18 Å². The lowest BCUT2D eigenvalue weighted by atomic mass is 10.2. The fourth-order valence-corrected chi connectivity index (χ4v) is 2.69. The first-order valence-corrected chi connectivity index (χ1v) is 8.32. The molecule has 6 nitrogen and oxygen atoms in total. The van der Waals surface area contributed by atoms with Gasteiger partial charge in [0.05, 0.1) is 11.3 Å². The molecular formula is C17H21F3N4O2. The number of hydrogen-bond acceptors (Lipinski definition) is 4. The number of nitrogens with zero attached hydrogens (tertiary/aromatic N) is 4. The quantitative estimate of drug-likeness (QED) is 0.723. The van der Waals surface area contributed by atoms with E-state index in [0.717, 1.165) is 12.1 Å². The largest absolute Gasteiger partial charge is 0.416 e. The lowest BCUT2D eigenvalue weighted by Crippen LogP contribution is -2.41. The minimum Gasteiger partial charge on any atom is -0.342 e. The number of rotatable bonds is 6. The maximum atomic E-state index is 12.8. The van der Waals surface area contributed by atoms with Gasteiger partial charge in [-0.3, -0.25) is 19.5 Å². The topological polar surface area (TPSA) is 56.2 Å². The molecule has 142 valence electrons. The van der Waals surface area contributed by atoms with Gasteiger partial charge in [-0.1, -0.05) is 6.07 Å². The monoisotopic (exact) mass is 370 g/mol. The molecule has 0 atom stereocenters. The van der Waals surface area contributed by atoms with Crippen LogP contribution in [0.4, 0.5) is 18.9 Å². The summed E-state index contributed by atoms with van der Waals surface area (Å²) in [5, 5.41) is 5.63. The maximum Gasteiger partial charge on any atom is 0.416 e. The molecule has 0 aromatic heterocycles. The summed E-state index contributed by atoms with van der Waals surface area (Å²) < 4.78 is 38.5. The molecule has 0 bridgehead atoms. The van der Waals surface area contributed by atoms with Gasteiger partial charge in [0.25, 0.3) is 0 Å². The van der Waals surface area contributed by atoms with E-state index in [1.807, 2.05) is 13.8 Å². The minimum absolute atomic E-state index is 0.138. The van der Waals surface area contributed by atoms with E-state index in [0.29, 0.717) is 38.3 Å². The first kappa shape index (κ1) is 19.7. The zero-order valence-corrected chi connectivity index (χ0v) is 14.7. The number of amidine groups is 1. The van der Waals surface area contributed by atoms with Crippen LogP contribution in [-0.2, 0) is 15.8 Å². The van der Waals surface area contributed by atoms with Gasteiger partial charge in [-0.2, -0.15) is 18.3 Å². The van der Waals surface area contributed by atoms with E-state index in [1.165, 1.54) is 22.0 Å². The minimum atomic E-state index is -4.44. The second-order valence-electron chi connectivity index (χ2n) is 5.74. The highest BCUT2D eigenvalue weighted by Crippen LogP contribution is 2.32. The Morgan fingerprint density at radius 1 is 1.31 bits per heavy atom. The predicted molar refractivity (Wildman–Crippen MR) is 91.5 cm³/mol. The van der Waals surface area contributed by atoms with E-state index < -0.39 is 11.7 Å². The predicted octanol–water partition coefficient (Wildman–Crippen LogP) is 2.56. The Bertz CT molecular complexity index is 687. The lowest BCUT2D eigenvalue weighted by Gasteiger charge is -2.22. The molecule has 1 aliphatic rings. The molecule has 0 saturated heterocycles. The van der Waals surface area contributed by atoms with Crippen LogP contribution in [0.2, 0.25) is 0 Å². The van der Waals surface area contributed by atoms with Crippen LogP contribution in [0.1, 0.15) is 25.8 Å². The number of benzene rings is 1. The van der Waals surface area contributed by atoms with Gasteiger partial charge < -0.3 is 4.90 Å². The normalized spacial score (nSPS) is 14.2. The highest BCUT2D eigenvalue weighted by molar-refractivity contribution is 5.96. The van der Waals surface area contributed by atoms with Gasteiger partial charge in [0.1, 0.15) is 12.4 Å². The third kappa shape index (κ3) is 4.53. The van der Waals surface area contributed by atoms with Gasteiger partial charge in [-0.25, -0.2) is 0 Å². The summed E-state index contributed by atoms with van der Waals surface area (Å²) in [6, 6.07) is 4.84. The van der Waals surface area contributed by atoms with Crippen LogP contribution in [0, 0.1) is 0 Å². The van der Waals surface area contributed by atoms with Gasteiger partial charge in [0.15, 0.2) is 0 Å². The van der Waals surface area contributed by atoms with Crippen molar-refractivity contribution in [3.8, 4) is 0 Å². The maximum absolute atomic E-state index is 12.8. The Morgan fingerprint density at radius 2 is 2.00 bits per heavy atom. The standard InChI is InChI=1S/C17H21F3N4O2/c1-3-22(4-2)16(26)11-23(12-25)15-8-9-24(21-15)14-7-5-6-13(10-14)17(18,19)20/h5-7,10,12H,3-4,8-9,11H2,1-2H3. The number of alkyl halides is 3. The summed E-state index contributed by atoms with van der Waals surface area (Å²) in [4.78, 5) is 26.3. The molecule has 0 saturated carbocycles. The second-order valence-corrected chi connectivity index (χ2v) is 5.74. The fraction of sp³-hybridized carbons (Fsp3) is 0.471. The summed E-state index contributed by atoms with van der Waals surface area (Å²) in [6.07, 6.45) is -3.55. The molecule has 2 rings (SSSR count). The smallest absolute Gasteiger partial charge is 0.342 e. The van der Waals surface area contributed by atoms with Crippen molar-refractivity contribution in [2.75, 3.05) is 31.2 Å². The van der Waals surface area contributed by atoms with Crippen molar-refractivity contribution < 1.29 is 22.8 Å². The Hall–Kier alpha value is -2.58. The second kappa shape index (κ2) is 8.20. The van der Waals surface area contributed by atoms with Gasteiger partial charge in [-0.15, -0.1) is 0 Å². The van der Waals surface area contributed by atoms with E-state index in [2.05, 4.69) is 5.10 Å². The molecule has 0 radical (unpaired) electrons. The molecular weight excluding hydrogens is 349 g/mol. The van der Waals surface area contributed by atoms with Crippen molar-refractivity contribution >= 4 is 23.8 Å². The van der Waals surface area contributed by atoms with E-state index in [-0.39, 0.29) is 18.1 Å². The molecule has 1 aromatic rings. The van der Waals surface area contributed by atoms with Crippen LogP contribution >= 0.6 is 0 Å². The molecule has 0 N–H and O–H groups in total. The van der Waals surface area contributed by atoms with E-state index in [4.69, 9.17) is 0 Å². The van der Waals surface area contributed by atoms with Crippen LogP contribution in [0.3, 0.4) is 0 Å². The molecule has 9 heteroatoms. The number of anilines is 1. The summed E-state index contributed by atoms with van der Waals surface area (Å²) in [7, 11) is 0. The van der Waals surface area contributed by atoms with E-state index in [9.17, 15) is 22.8 Å². The third-order valence-corrected chi connectivity index (χ3v) is 4.14. The van der Waals surface area contributed by atoms with E-state index in [1.54, 1.807) is 4.90 Å². The average Bonchev–Trinajstić information content (AvgIpc) is 3.10. The molecule has 0 fully saturated rings. The molecule has 1 aromatic carbocycles. The number of hydrogen-bond donors (Lipinski definition) is 0. The number of hydrazone groups is 1. The highest BCUT2D eigenvalue weighted by atomic mass is 19.4. The Morgan fingerprint density at radius 3 is 2.58 bits per heavy atom. The Kier molecular flexibility index (Phi) is 6.23. The zero-order chi connectivity index (χ0) is 19.3. The van der Waals surface area contributed by atoms with Crippen LogP contribution < -0.4 is 5.01 Å². The van der Waals surface area contributed by atoms with Gasteiger partial charge in [0, 0.05) is 26.1 Å². The highest BCUT2D eigenvalue weighted by Gasteiger charge is 2.31. The number of likely N-dealkylation sites (N-methyl/N-ethyl adjacent to an activating group) is 1. The summed E-state index contributed by atoms with van der Waals surface area (Å²) >= 11 is 0. The fourth-order valence-electron chi connectivity index (χ4n) is 2.69. The van der Waals surface area contributed by atoms with Gasteiger partial charge in [0.2, 0.25) is 12.3 Å². The van der Waals surface area contributed by atoms with Crippen molar-refractivity contribution in [1.82, 2.24) is 9.80 Å². The van der Waals surface area contributed by atoms with Crippen molar-refractivity contribution in [2.45, 2.75) is 26.4 Å². The molecule has 26 heavy (non-hydrogen) atoms. The number of halogens is 3. The molecule has 1 aliphatic heterocycles.